The van der Waals surface area contributed by atoms with Crippen molar-refractivity contribution in [1.29, 1.82) is 0 Å². The Hall–Kier alpha value is -1.25. The Bertz CT molecular complexity index is 265. The molecule has 0 unspecified atom stereocenters. The molecule has 0 spiro atoms. The maximum atomic E-state index is 11.1. The van der Waals surface area contributed by atoms with Gasteiger partial charge in [0.1, 0.15) is 0 Å². The van der Waals surface area contributed by atoms with E-state index in [0.717, 1.165) is 6.54 Å². The summed E-state index contributed by atoms with van der Waals surface area (Å²) in [6, 6.07) is 1.77. The minimum absolute atomic E-state index is 0.246. The van der Waals surface area contributed by atoms with Crippen molar-refractivity contribution in [3.8, 4) is 0 Å². The molecule has 1 aromatic rings. The van der Waals surface area contributed by atoms with Gasteiger partial charge in [-0.15, -0.1) is 0 Å². The quantitative estimate of drug-likeness (QED) is 0.641. The molecule has 0 bridgehead atoms. The third kappa shape index (κ3) is 1.87. The Balaban J connectivity index is 2.68. The van der Waals surface area contributed by atoms with Gasteiger partial charge in [-0.2, -0.15) is 0 Å². The number of rotatable bonds is 3. The van der Waals surface area contributed by atoms with Crippen molar-refractivity contribution in [2.45, 2.75) is 20.4 Å². The molecule has 0 atom stereocenters. The van der Waals surface area contributed by atoms with Gasteiger partial charge < -0.3 is 9.30 Å². The zero-order valence-corrected chi connectivity index (χ0v) is 7.41. The number of carbonyl (C=O) groups excluding carboxylic acids is 1. The molecule has 1 heterocycles. The molecular weight excluding hydrogens is 154 g/mol. The first-order chi connectivity index (χ1) is 5.77. The van der Waals surface area contributed by atoms with E-state index in [2.05, 4.69) is 0 Å². The SMILES string of the molecule is CCOC(=O)c1ccn(CC)c1. The van der Waals surface area contributed by atoms with Crippen LogP contribution in [0.5, 0.6) is 0 Å². The average Bonchev–Trinajstić information content (AvgIpc) is 2.52. The van der Waals surface area contributed by atoms with Crippen molar-refractivity contribution in [3.05, 3.63) is 24.0 Å². The molecule has 0 aliphatic heterocycles. The van der Waals surface area contributed by atoms with E-state index in [4.69, 9.17) is 4.74 Å². The largest absolute Gasteiger partial charge is 0.462 e. The third-order valence-corrected chi connectivity index (χ3v) is 1.63. The number of hydrogen-bond donors (Lipinski definition) is 0. The summed E-state index contributed by atoms with van der Waals surface area (Å²) in [6.45, 7) is 5.12. The highest BCUT2D eigenvalue weighted by atomic mass is 16.5. The predicted molar refractivity (Wildman–Crippen MR) is 46.1 cm³/mol. The highest BCUT2D eigenvalue weighted by molar-refractivity contribution is 5.89. The molecule has 3 nitrogen and oxygen atoms in total. The first kappa shape index (κ1) is 8.84. The summed E-state index contributed by atoms with van der Waals surface area (Å²) in [4.78, 5) is 11.1. The van der Waals surface area contributed by atoms with Gasteiger partial charge in [-0.05, 0) is 19.9 Å². The van der Waals surface area contributed by atoms with Crippen LogP contribution in [0.2, 0.25) is 0 Å². The van der Waals surface area contributed by atoms with Crippen LogP contribution < -0.4 is 0 Å². The maximum Gasteiger partial charge on any atom is 0.339 e. The zero-order valence-electron chi connectivity index (χ0n) is 7.41. The summed E-state index contributed by atoms with van der Waals surface area (Å²) in [6.07, 6.45) is 3.66. The molecule has 0 N–H and O–H groups in total. The third-order valence-electron chi connectivity index (χ3n) is 1.63. The Morgan fingerprint density at radius 3 is 2.83 bits per heavy atom. The molecule has 0 fully saturated rings. The number of nitrogens with zero attached hydrogens (tertiary/aromatic N) is 1. The first-order valence-electron chi connectivity index (χ1n) is 4.10. The Morgan fingerprint density at radius 2 is 2.33 bits per heavy atom. The van der Waals surface area contributed by atoms with Crippen LogP contribution in [0.1, 0.15) is 24.2 Å². The molecule has 0 aliphatic rings. The second-order valence-electron chi connectivity index (χ2n) is 2.45. The van der Waals surface area contributed by atoms with Crippen LogP contribution in [0.15, 0.2) is 18.5 Å². The molecule has 0 radical (unpaired) electrons. The van der Waals surface area contributed by atoms with E-state index in [1.807, 2.05) is 17.7 Å². The summed E-state index contributed by atoms with van der Waals surface area (Å²) < 4.78 is 6.77. The lowest BCUT2D eigenvalue weighted by atomic mass is 10.3. The predicted octanol–water partition coefficient (Wildman–Crippen LogP) is 1.68. The summed E-state index contributed by atoms with van der Waals surface area (Å²) in [5, 5.41) is 0. The number of esters is 1. The van der Waals surface area contributed by atoms with Gasteiger partial charge in [0, 0.05) is 18.9 Å². The van der Waals surface area contributed by atoms with Gasteiger partial charge in [-0.25, -0.2) is 4.79 Å². The van der Waals surface area contributed by atoms with Crippen molar-refractivity contribution < 1.29 is 9.53 Å². The Kier molecular flexibility index (Phi) is 2.91. The number of aryl methyl sites for hydroxylation is 1. The highest BCUT2D eigenvalue weighted by Gasteiger charge is 2.06. The van der Waals surface area contributed by atoms with Crippen LogP contribution in [0.3, 0.4) is 0 Å². The Labute approximate surface area is 72.0 Å². The lowest BCUT2D eigenvalue weighted by Crippen LogP contribution is -2.03. The van der Waals surface area contributed by atoms with Gasteiger partial charge in [0.05, 0.1) is 12.2 Å². The smallest absolute Gasteiger partial charge is 0.339 e. The summed E-state index contributed by atoms with van der Waals surface area (Å²) in [5.41, 5.74) is 0.624. The lowest BCUT2D eigenvalue weighted by molar-refractivity contribution is 0.0526. The van der Waals surface area contributed by atoms with E-state index in [-0.39, 0.29) is 5.97 Å². The fraction of sp³-hybridized carbons (Fsp3) is 0.444. The van der Waals surface area contributed by atoms with E-state index in [9.17, 15) is 4.79 Å². The standard InChI is InChI=1S/C9H13NO2/c1-3-10-6-5-8(7-10)9(11)12-4-2/h5-7H,3-4H2,1-2H3. The molecule has 0 saturated carbocycles. The summed E-state index contributed by atoms with van der Waals surface area (Å²) in [5.74, 6) is -0.246. The second-order valence-corrected chi connectivity index (χ2v) is 2.45. The van der Waals surface area contributed by atoms with Gasteiger partial charge in [-0.1, -0.05) is 0 Å². The molecule has 1 rings (SSSR count). The van der Waals surface area contributed by atoms with E-state index in [0.29, 0.717) is 12.2 Å². The molecule has 0 aliphatic carbocycles. The fourth-order valence-electron chi connectivity index (χ4n) is 0.973. The first-order valence-corrected chi connectivity index (χ1v) is 4.10. The van der Waals surface area contributed by atoms with E-state index < -0.39 is 0 Å². The van der Waals surface area contributed by atoms with E-state index in [1.54, 1.807) is 19.2 Å². The minimum Gasteiger partial charge on any atom is -0.462 e. The molecule has 66 valence electrons. The van der Waals surface area contributed by atoms with Crippen LogP contribution in [0, 0.1) is 0 Å². The maximum absolute atomic E-state index is 11.1. The van der Waals surface area contributed by atoms with Crippen LogP contribution in [0.4, 0.5) is 0 Å². The summed E-state index contributed by atoms with van der Waals surface area (Å²) in [7, 11) is 0. The van der Waals surface area contributed by atoms with Crippen LogP contribution in [-0.2, 0) is 11.3 Å². The summed E-state index contributed by atoms with van der Waals surface area (Å²) >= 11 is 0. The van der Waals surface area contributed by atoms with E-state index >= 15 is 0 Å². The van der Waals surface area contributed by atoms with Crippen LogP contribution in [-0.4, -0.2) is 17.1 Å². The molecule has 12 heavy (non-hydrogen) atoms. The van der Waals surface area contributed by atoms with Gasteiger partial charge in [0.25, 0.3) is 0 Å². The number of aromatic nitrogens is 1. The highest BCUT2D eigenvalue weighted by Crippen LogP contribution is 2.02. The number of ether oxygens (including phenoxy) is 1. The normalized spacial score (nSPS) is 9.83. The monoisotopic (exact) mass is 167 g/mol. The van der Waals surface area contributed by atoms with Crippen molar-refractivity contribution in [1.82, 2.24) is 4.57 Å². The topological polar surface area (TPSA) is 31.2 Å². The molecule has 0 aromatic carbocycles. The van der Waals surface area contributed by atoms with Crippen molar-refractivity contribution >= 4 is 5.97 Å². The van der Waals surface area contributed by atoms with Gasteiger partial charge in [0.15, 0.2) is 0 Å². The average molecular weight is 167 g/mol. The van der Waals surface area contributed by atoms with Crippen LogP contribution >= 0.6 is 0 Å². The molecular formula is C9H13NO2. The van der Waals surface area contributed by atoms with Gasteiger partial charge in [0.2, 0.25) is 0 Å². The minimum atomic E-state index is -0.246. The van der Waals surface area contributed by atoms with E-state index in [1.165, 1.54) is 0 Å². The van der Waals surface area contributed by atoms with Crippen LogP contribution in [0.25, 0.3) is 0 Å². The molecule has 3 heteroatoms. The molecule has 1 aromatic heterocycles. The molecule has 0 saturated heterocycles. The van der Waals surface area contributed by atoms with Gasteiger partial charge >= 0.3 is 5.97 Å². The number of hydrogen-bond acceptors (Lipinski definition) is 2. The van der Waals surface area contributed by atoms with Crippen molar-refractivity contribution in [2.75, 3.05) is 6.61 Å². The Morgan fingerprint density at radius 1 is 1.58 bits per heavy atom. The van der Waals surface area contributed by atoms with Gasteiger partial charge in [-0.3, -0.25) is 0 Å². The van der Waals surface area contributed by atoms with Crippen molar-refractivity contribution in [3.63, 3.8) is 0 Å². The zero-order chi connectivity index (χ0) is 8.97. The fourth-order valence-corrected chi connectivity index (χ4v) is 0.973. The number of carbonyl (C=O) groups is 1. The molecule has 0 amide bonds. The second kappa shape index (κ2) is 3.95. The van der Waals surface area contributed by atoms with Crippen molar-refractivity contribution in [2.24, 2.45) is 0 Å². The lowest BCUT2D eigenvalue weighted by Gasteiger charge is -1.97.